The first kappa shape index (κ1) is 14.2. The average molecular weight is 327 g/mol. The van der Waals surface area contributed by atoms with Gasteiger partial charge in [0, 0.05) is 24.1 Å². The van der Waals surface area contributed by atoms with Crippen molar-refractivity contribution in [2.75, 3.05) is 19.6 Å². The van der Waals surface area contributed by atoms with Gasteiger partial charge in [0.2, 0.25) is 0 Å². The van der Waals surface area contributed by atoms with E-state index in [-0.39, 0.29) is 11.8 Å². The fourth-order valence-electron chi connectivity index (χ4n) is 1.97. The first-order valence-corrected chi connectivity index (χ1v) is 6.84. The smallest absolute Gasteiger partial charge is 0.261 e. The predicted molar refractivity (Wildman–Crippen MR) is 74.1 cm³/mol. The second-order valence-corrected chi connectivity index (χ2v) is 5.42. The van der Waals surface area contributed by atoms with Crippen LogP contribution in [-0.2, 0) is 0 Å². The molecule has 2 N–H and O–H groups in total. The van der Waals surface area contributed by atoms with Gasteiger partial charge in [0.1, 0.15) is 0 Å². The first-order chi connectivity index (χ1) is 9.00. The highest BCUT2D eigenvalue weighted by Crippen LogP contribution is 2.25. The fraction of sp³-hybridized carbons (Fsp3) is 0.385. The minimum atomic E-state index is -0.446. The fourth-order valence-corrected chi connectivity index (χ4v) is 2.33. The van der Waals surface area contributed by atoms with Crippen LogP contribution in [0, 0.1) is 0 Å². The third-order valence-corrected chi connectivity index (χ3v) is 3.38. The van der Waals surface area contributed by atoms with Crippen molar-refractivity contribution in [2.45, 2.75) is 13.0 Å². The number of amides is 2. The van der Waals surface area contributed by atoms with Crippen LogP contribution in [-0.4, -0.2) is 47.6 Å². The number of carbonyl (C=O) groups excluding carboxylic acids is 2. The SMILES string of the molecule is CC(O)CNCCN1C(=O)c2ccc(Br)cc2C1=O. The van der Waals surface area contributed by atoms with Crippen LogP contribution in [0.15, 0.2) is 22.7 Å². The molecule has 6 heteroatoms. The van der Waals surface area contributed by atoms with Crippen molar-refractivity contribution >= 4 is 27.7 Å². The summed E-state index contributed by atoms with van der Waals surface area (Å²) in [6, 6.07) is 5.07. The Morgan fingerprint density at radius 3 is 2.68 bits per heavy atom. The van der Waals surface area contributed by atoms with Gasteiger partial charge in [-0.25, -0.2) is 0 Å². The van der Waals surface area contributed by atoms with Gasteiger partial charge in [-0.1, -0.05) is 15.9 Å². The largest absolute Gasteiger partial charge is 0.392 e. The van der Waals surface area contributed by atoms with Gasteiger partial charge in [0.05, 0.1) is 17.2 Å². The third-order valence-electron chi connectivity index (χ3n) is 2.88. The summed E-state index contributed by atoms with van der Waals surface area (Å²) in [6.07, 6.45) is -0.446. The Balaban J connectivity index is 2.02. The van der Waals surface area contributed by atoms with Crippen LogP contribution in [0.25, 0.3) is 0 Å². The summed E-state index contributed by atoms with van der Waals surface area (Å²) in [5, 5.41) is 12.1. The molecule has 0 bridgehead atoms. The predicted octanol–water partition coefficient (Wildman–Crippen LogP) is 1.02. The van der Waals surface area contributed by atoms with Gasteiger partial charge >= 0.3 is 0 Å². The Kier molecular flexibility index (Phi) is 4.34. The van der Waals surface area contributed by atoms with E-state index < -0.39 is 6.10 Å². The Hall–Kier alpha value is -1.24. The monoisotopic (exact) mass is 326 g/mol. The Morgan fingerprint density at radius 1 is 1.32 bits per heavy atom. The molecule has 0 aliphatic carbocycles. The summed E-state index contributed by atoms with van der Waals surface area (Å²) >= 11 is 3.29. The highest BCUT2D eigenvalue weighted by Gasteiger charge is 2.34. The number of benzene rings is 1. The van der Waals surface area contributed by atoms with Crippen molar-refractivity contribution < 1.29 is 14.7 Å². The third kappa shape index (κ3) is 3.02. The molecule has 0 aromatic heterocycles. The molecule has 2 amide bonds. The van der Waals surface area contributed by atoms with E-state index in [1.807, 2.05) is 0 Å². The molecule has 102 valence electrons. The molecule has 1 heterocycles. The molecular weight excluding hydrogens is 312 g/mol. The summed E-state index contributed by atoms with van der Waals surface area (Å²) < 4.78 is 0.779. The number of aliphatic hydroxyl groups excluding tert-OH is 1. The quantitative estimate of drug-likeness (QED) is 0.626. The van der Waals surface area contributed by atoms with E-state index in [2.05, 4.69) is 21.2 Å². The van der Waals surface area contributed by atoms with Gasteiger partial charge in [-0.2, -0.15) is 0 Å². The highest BCUT2D eigenvalue weighted by atomic mass is 79.9. The molecule has 0 spiro atoms. The van der Waals surface area contributed by atoms with Gasteiger partial charge in [-0.15, -0.1) is 0 Å². The van der Waals surface area contributed by atoms with E-state index in [1.54, 1.807) is 25.1 Å². The number of rotatable bonds is 5. The zero-order chi connectivity index (χ0) is 14.0. The van der Waals surface area contributed by atoms with Crippen molar-refractivity contribution in [1.82, 2.24) is 10.2 Å². The molecule has 0 fully saturated rings. The van der Waals surface area contributed by atoms with Crippen molar-refractivity contribution in [1.29, 1.82) is 0 Å². The number of nitrogens with zero attached hydrogens (tertiary/aromatic N) is 1. The van der Waals surface area contributed by atoms with Crippen molar-refractivity contribution in [3.05, 3.63) is 33.8 Å². The molecule has 0 saturated carbocycles. The lowest BCUT2D eigenvalue weighted by Gasteiger charge is -2.14. The molecule has 2 rings (SSSR count). The van der Waals surface area contributed by atoms with Gasteiger partial charge in [-0.05, 0) is 25.1 Å². The van der Waals surface area contributed by atoms with Crippen LogP contribution >= 0.6 is 15.9 Å². The lowest BCUT2D eigenvalue weighted by atomic mass is 10.1. The number of halogens is 1. The van der Waals surface area contributed by atoms with E-state index in [4.69, 9.17) is 5.11 Å². The zero-order valence-electron chi connectivity index (χ0n) is 10.5. The zero-order valence-corrected chi connectivity index (χ0v) is 12.1. The molecule has 0 radical (unpaired) electrons. The molecule has 1 aliphatic heterocycles. The minimum Gasteiger partial charge on any atom is -0.392 e. The highest BCUT2D eigenvalue weighted by molar-refractivity contribution is 9.10. The second-order valence-electron chi connectivity index (χ2n) is 4.50. The summed E-state index contributed by atoms with van der Waals surface area (Å²) in [4.78, 5) is 25.4. The maximum atomic E-state index is 12.1. The number of aliphatic hydroxyl groups is 1. The van der Waals surface area contributed by atoms with Gasteiger partial charge < -0.3 is 10.4 Å². The van der Waals surface area contributed by atoms with Crippen LogP contribution < -0.4 is 5.32 Å². The number of hydrogen-bond donors (Lipinski definition) is 2. The summed E-state index contributed by atoms with van der Waals surface area (Å²) in [7, 11) is 0. The summed E-state index contributed by atoms with van der Waals surface area (Å²) in [5.74, 6) is -0.522. The van der Waals surface area contributed by atoms with Crippen LogP contribution in [0.4, 0.5) is 0 Å². The molecule has 1 unspecified atom stereocenters. The Bertz CT molecular complexity index is 517. The van der Waals surface area contributed by atoms with E-state index in [0.717, 1.165) is 4.47 Å². The maximum absolute atomic E-state index is 12.1. The first-order valence-electron chi connectivity index (χ1n) is 6.05. The Morgan fingerprint density at radius 2 is 2.00 bits per heavy atom. The van der Waals surface area contributed by atoms with Gasteiger partial charge in [-0.3, -0.25) is 14.5 Å². The van der Waals surface area contributed by atoms with Crippen molar-refractivity contribution in [3.63, 3.8) is 0 Å². The van der Waals surface area contributed by atoms with Crippen molar-refractivity contribution in [2.24, 2.45) is 0 Å². The lowest BCUT2D eigenvalue weighted by molar-refractivity contribution is 0.0654. The number of carbonyl (C=O) groups is 2. The molecule has 19 heavy (non-hydrogen) atoms. The van der Waals surface area contributed by atoms with Crippen LogP contribution in [0.5, 0.6) is 0 Å². The molecule has 1 atom stereocenters. The molecule has 5 nitrogen and oxygen atoms in total. The lowest BCUT2D eigenvalue weighted by Crippen LogP contribution is -2.37. The molecule has 1 aliphatic rings. The topological polar surface area (TPSA) is 69.6 Å². The normalized spacial score (nSPS) is 15.8. The van der Waals surface area contributed by atoms with Crippen LogP contribution in [0.1, 0.15) is 27.6 Å². The molecular formula is C13H15BrN2O3. The molecule has 0 saturated heterocycles. The number of fused-ring (bicyclic) bond motifs is 1. The summed E-state index contributed by atoms with van der Waals surface area (Å²) in [5.41, 5.74) is 0.888. The van der Waals surface area contributed by atoms with Gasteiger partial charge in [0.25, 0.3) is 11.8 Å². The van der Waals surface area contributed by atoms with Gasteiger partial charge in [0.15, 0.2) is 0 Å². The van der Waals surface area contributed by atoms with Crippen LogP contribution in [0.2, 0.25) is 0 Å². The van der Waals surface area contributed by atoms with E-state index in [9.17, 15) is 9.59 Å². The van der Waals surface area contributed by atoms with Crippen LogP contribution in [0.3, 0.4) is 0 Å². The standard InChI is InChI=1S/C13H15BrN2O3/c1-8(17)7-15-4-5-16-12(18)10-3-2-9(14)6-11(10)13(16)19/h2-3,6,8,15,17H,4-5,7H2,1H3. The number of hydrogen-bond acceptors (Lipinski definition) is 4. The second kappa shape index (κ2) is 5.81. The van der Waals surface area contributed by atoms with Crippen molar-refractivity contribution in [3.8, 4) is 0 Å². The number of imide groups is 1. The summed E-state index contributed by atoms with van der Waals surface area (Å²) in [6.45, 7) is 2.88. The van der Waals surface area contributed by atoms with E-state index >= 15 is 0 Å². The van der Waals surface area contributed by atoms with E-state index in [0.29, 0.717) is 30.8 Å². The van der Waals surface area contributed by atoms with E-state index in [1.165, 1.54) is 4.90 Å². The molecule has 1 aromatic rings. The maximum Gasteiger partial charge on any atom is 0.261 e. The number of nitrogens with one attached hydrogen (secondary N) is 1. The Labute approximate surface area is 119 Å². The minimum absolute atomic E-state index is 0.258. The molecule has 1 aromatic carbocycles. The average Bonchev–Trinajstić information content (AvgIpc) is 2.58.